The van der Waals surface area contributed by atoms with Crippen LogP contribution >= 0.6 is 0 Å². The predicted molar refractivity (Wildman–Crippen MR) is 172 cm³/mol. The number of imide groups is 1. The molecule has 0 bridgehead atoms. The van der Waals surface area contributed by atoms with Crippen LogP contribution in [0, 0.1) is 5.92 Å². The van der Waals surface area contributed by atoms with Crippen molar-refractivity contribution in [2.24, 2.45) is 5.92 Å². The Morgan fingerprint density at radius 1 is 0.867 bits per heavy atom. The van der Waals surface area contributed by atoms with E-state index in [2.05, 4.69) is 21.5 Å². The van der Waals surface area contributed by atoms with Crippen molar-refractivity contribution in [1.29, 1.82) is 0 Å². The molecule has 3 aromatic carbocycles. The molecule has 0 saturated carbocycles. The minimum Gasteiger partial charge on any atom is -0.445 e. The lowest BCUT2D eigenvalue weighted by molar-refractivity contribution is -0.138. The molecule has 4 amide bonds. The smallest absolute Gasteiger partial charge is 0.408 e. The summed E-state index contributed by atoms with van der Waals surface area (Å²) < 4.78 is 5.22. The van der Waals surface area contributed by atoms with E-state index in [0.717, 1.165) is 35.1 Å². The second-order valence-corrected chi connectivity index (χ2v) is 11.1. The van der Waals surface area contributed by atoms with Gasteiger partial charge in [-0.2, -0.15) is 0 Å². The molecule has 3 rings (SSSR count). The summed E-state index contributed by atoms with van der Waals surface area (Å²) in [5.74, 6) is -2.54. The number of unbranched alkanes of at least 4 members (excludes halogenated alkanes) is 2. The summed E-state index contributed by atoms with van der Waals surface area (Å²) in [6.45, 7) is 4.76. The molecule has 10 nitrogen and oxygen atoms in total. The number of amides is 4. The molecule has 0 heterocycles. The zero-order valence-electron chi connectivity index (χ0n) is 26.2. The molecule has 3 atom stereocenters. The Hall–Kier alpha value is -4.54. The van der Waals surface area contributed by atoms with Crippen LogP contribution in [0.1, 0.15) is 57.6 Å². The van der Waals surface area contributed by atoms with Crippen LogP contribution in [0.25, 0.3) is 11.1 Å². The maximum absolute atomic E-state index is 14.0. The Kier molecular flexibility index (Phi) is 13.7. The van der Waals surface area contributed by atoms with Gasteiger partial charge in [0.05, 0.1) is 0 Å². The van der Waals surface area contributed by atoms with Gasteiger partial charge in [0.1, 0.15) is 18.2 Å². The average molecular weight is 617 g/mol. The molecular formula is C35H44N4O6. The van der Waals surface area contributed by atoms with E-state index < -0.39 is 47.9 Å². The number of ether oxygens (including phenoxy) is 1. The number of hydrazine groups is 1. The fourth-order valence-electron chi connectivity index (χ4n) is 4.86. The Labute approximate surface area is 264 Å². The highest BCUT2D eigenvalue weighted by Gasteiger charge is 2.45. The first-order valence-corrected chi connectivity index (χ1v) is 15.3. The Bertz CT molecular complexity index is 1400. The third kappa shape index (κ3) is 10.3. The number of hydrogen-bond acceptors (Lipinski definition) is 7. The summed E-state index contributed by atoms with van der Waals surface area (Å²) >= 11 is 0. The lowest BCUT2D eigenvalue weighted by Gasteiger charge is -2.38. The van der Waals surface area contributed by atoms with Gasteiger partial charge in [0.25, 0.3) is 5.91 Å². The molecule has 1 unspecified atom stereocenters. The highest BCUT2D eigenvalue weighted by molar-refractivity contribution is 6.00. The molecule has 0 radical (unpaired) electrons. The molecule has 0 spiro atoms. The van der Waals surface area contributed by atoms with Crippen LogP contribution in [-0.4, -0.2) is 47.1 Å². The van der Waals surface area contributed by atoms with Crippen LogP contribution < -0.4 is 21.5 Å². The van der Waals surface area contributed by atoms with Gasteiger partial charge in [0.2, 0.25) is 11.8 Å². The number of carbonyl (C=O) groups excluding carboxylic acids is 4. The van der Waals surface area contributed by atoms with E-state index in [0.29, 0.717) is 6.42 Å². The van der Waals surface area contributed by atoms with Gasteiger partial charge in [-0.3, -0.25) is 25.1 Å². The van der Waals surface area contributed by atoms with E-state index >= 15 is 0 Å². The van der Waals surface area contributed by atoms with Gasteiger partial charge in [-0.05, 0) is 35.6 Å². The molecule has 0 saturated heterocycles. The van der Waals surface area contributed by atoms with E-state index in [1.54, 1.807) is 6.92 Å². The van der Waals surface area contributed by atoms with Crippen LogP contribution in [0.5, 0.6) is 0 Å². The quantitative estimate of drug-likeness (QED) is 0.118. The second kappa shape index (κ2) is 17.7. The third-order valence-electron chi connectivity index (χ3n) is 7.70. The minimum absolute atomic E-state index is 0.0229. The molecule has 0 aliphatic rings. The van der Waals surface area contributed by atoms with Crippen molar-refractivity contribution in [3.8, 4) is 11.1 Å². The number of rotatable bonds is 16. The first-order valence-electron chi connectivity index (χ1n) is 15.3. The van der Waals surface area contributed by atoms with Gasteiger partial charge in [0.15, 0.2) is 0 Å². The molecule has 10 heteroatoms. The van der Waals surface area contributed by atoms with Crippen molar-refractivity contribution in [2.45, 2.75) is 71.1 Å². The molecule has 0 fully saturated rings. The predicted octanol–water partition coefficient (Wildman–Crippen LogP) is 4.42. The van der Waals surface area contributed by atoms with Crippen molar-refractivity contribution in [3.05, 3.63) is 96.1 Å². The number of aliphatic hydroxyl groups is 1. The molecule has 3 aromatic rings. The number of nitrogens with one attached hydrogen (secondary N) is 4. The lowest BCUT2D eigenvalue weighted by atomic mass is 9.78. The third-order valence-corrected chi connectivity index (χ3v) is 7.70. The van der Waals surface area contributed by atoms with Crippen LogP contribution in [0.15, 0.2) is 84.9 Å². The SMILES string of the molecule is CCCCCC(=O)NC(=O)[C@](Cc1ccccc1-c1ccccc1)(NNC(=O)[C@H](C)NC(=O)OCc1ccccc1)C(C)CO. The molecule has 45 heavy (non-hydrogen) atoms. The van der Waals surface area contributed by atoms with Crippen LogP contribution in [0.2, 0.25) is 0 Å². The molecule has 0 aliphatic carbocycles. The van der Waals surface area contributed by atoms with Crippen LogP contribution in [0.3, 0.4) is 0 Å². The lowest BCUT2D eigenvalue weighted by Crippen LogP contribution is -2.69. The monoisotopic (exact) mass is 616 g/mol. The van der Waals surface area contributed by atoms with Crippen molar-refractivity contribution < 1.29 is 29.0 Å². The maximum atomic E-state index is 14.0. The van der Waals surface area contributed by atoms with E-state index in [1.807, 2.05) is 91.9 Å². The van der Waals surface area contributed by atoms with E-state index in [-0.39, 0.29) is 19.4 Å². The Balaban J connectivity index is 1.84. The van der Waals surface area contributed by atoms with Gasteiger partial charge < -0.3 is 15.2 Å². The van der Waals surface area contributed by atoms with Crippen molar-refractivity contribution in [3.63, 3.8) is 0 Å². The fraction of sp³-hybridized carbons (Fsp3) is 0.371. The summed E-state index contributed by atoms with van der Waals surface area (Å²) in [4.78, 5) is 52.3. The molecule has 5 N–H and O–H groups in total. The largest absolute Gasteiger partial charge is 0.445 e. The van der Waals surface area contributed by atoms with Crippen LogP contribution in [-0.2, 0) is 32.1 Å². The summed E-state index contributed by atoms with van der Waals surface area (Å²) in [5, 5.41) is 15.3. The minimum atomic E-state index is -1.65. The van der Waals surface area contributed by atoms with E-state index in [4.69, 9.17) is 4.74 Å². The molecule has 0 aromatic heterocycles. The van der Waals surface area contributed by atoms with Gasteiger partial charge in [-0.25, -0.2) is 10.2 Å². The summed E-state index contributed by atoms with van der Waals surface area (Å²) in [5.41, 5.74) is 7.12. The van der Waals surface area contributed by atoms with Gasteiger partial charge in [-0.15, -0.1) is 0 Å². The van der Waals surface area contributed by atoms with E-state index in [9.17, 15) is 24.3 Å². The van der Waals surface area contributed by atoms with Crippen LogP contribution in [0.4, 0.5) is 4.79 Å². The number of alkyl carbamates (subject to hydrolysis) is 1. The van der Waals surface area contributed by atoms with Crippen molar-refractivity contribution >= 4 is 23.8 Å². The number of carbonyl (C=O) groups is 4. The van der Waals surface area contributed by atoms with Gasteiger partial charge >= 0.3 is 6.09 Å². The number of benzene rings is 3. The molecule has 0 aliphatic heterocycles. The first kappa shape index (κ1) is 34.9. The maximum Gasteiger partial charge on any atom is 0.408 e. The van der Waals surface area contributed by atoms with Gasteiger partial charge in [0, 0.05) is 25.4 Å². The zero-order valence-corrected chi connectivity index (χ0v) is 26.2. The topological polar surface area (TPSA) is 146 Å². The van der Waals surface area contributed by atoms with Gasteiger partial charge in [-0.1, -0.05) is 112 Å². The second-order valence-electron chi connectivity index (χ2n) is 11.1. The highest BCUT2D eigenvalue weighted by Crippen LogP contribution is 2.30. The summed E-state index contributed by atoms with van der Waals surface area (Å²) in [7, 11) is 0. The zero-order chi connectivity index (χ0) is 32.7. The standard InChI is InChI=1S/C35H44N4O6/c1-4-5-8-21-31(41)37-33(43)35(25(2)23-40,22-29-19-13-14-20-30(29)28-17-11-7-12-18-28)39-38-32(42)26(3)36-34(44)45-24-27-15-9-6-10-16-27/h6-7,9-20,25-26,39-40H,4-5,8,21-24H2,1-3H3,(H,36,44)(H,38,42)(H,37,41,43)/t25?,26-,35+/m0/s1. The highest BCUT2D eigenvalue weighted by atomic mass is 16.5. The van der Waals surface area contributed by atoms with Crippen molar-refractivity contribution in [1.82, 2.24) is 21.5 Å². The Morgan fingerprint density at radius 2 is 1.51 bits per heavy atom. The normalized spacial score (nSPS) is 13.5. The fourth-order valence-corrected chi connectivity index (χ4v) is 4.86. The number of aliphatic hydroxyl groups excluding tert-OH is 1. The molecular weight excluding hydrogens is 572 g/mol. The Morgan fingerprint density at radius 3 is 2.18 bits per heavy atom. The molecule has 240 valence electrons. The summed E-state index contributed by atoms with van der Waals surface area (Å²) in [6.07, 6.45) is 1.79. The average Bonchev–Trinajstić information content (AvgIpc) is 3.06. The summed E-state index contributed by atoms with van der Waals surface area (Å²) in [6, 6.07) is 25.2. The van der Waals surface area contributed by atoms with Crippen molar-refractivity contribution in [2.75, 3.05) is 6.61 Å². The first-order chi connectivity index (χ1) is 21.7. The van der Waals surface area contributed by atoms with E-state index in [1.165, 1.54) is 6.92 Å². The number of hydrogen-bond donors (Lipinski definition) is 5.